The van der Waals surface area contributed by atoms with Crippen LogP contribution >= 0.6 is 0 Å². The third kappa shape index (κ3) is 1.96. The van der Waals surface area contributed by atoms with Crippen LogP contribution in [-0.2, 0) is 19.3 Å². The minimum Gasteiger partial charge on any atom is -0.198 e. The molecule has 0 fully saturated rings. The van der Waals surface area contributed by atoms with Gasteiger partial charge in [-0.1, -0.05) is 18.2 Å². The maximum absolute atomic E-state index is 8.45. The first kappa shape index (κ1) is 9.27. The van der Waals surface area contributed by atoms with Crippen molar-refractivity contribution in [2.75, 3.05) is 0 Å². The molecule has 0 saturated heterocycles. The minimum atomic E-state index is 0.678. The van der Waals surface area contributed by atoms with Gasteiger partial charge in [0.2, 0.25) is 0 Å². The van der Waals surface area contributed by atoms with Crippen LogP contribution in [-0.4, -0.2) is 0 Å². The van der Waals surface area contributed by atoms with Gasteiger partial charge in [-0.15, -0.1) is 0 Å². The quantitative estimate of drug-likeness (QED) is 0.664. The molecule has 14 heavy (non-hydrogen) atoms. The second-order valence-corrected chi connectivity index (χ2v) is 3.97. The molecule has 0 bridgehead atoms. The van der Waals surface area contributed by atoms with Gasteiger partial charge in [-0.25, -0.2) is 0 Å². The largest absolute Gasteiger partial charge is 0.198 e. The van der Waals surface area contributed by atoms with Crippen LogP contribution in [0.3, 0.4) is 0 Å². The Balaban J connectivity index is 2.02. The Kier molecular flexibility index (Phi) is 2.84. The molecule has 2 rings (SSSR count). The molecule has 0 heterocycles. The van der Waals surface area contributed by atoms with E-state index in [4.69, 9.17) is 5.26 Å². The summed E-state index contributed by atoms with van der Waals surface area (Å²) < 4.78 is 0. The summed E-state index contributed by atoms with van der Waals surface area (Å²) in [5, 5.41) is 8.45. The summed E-state index contributed by atoms with van der Waals surface area (Å²) in [6.07, 6.45) is 6.55. The number of rotatable bonds is 3. The molecule has 1 aromatic rings. The molecule has 0 atom stereocenters. The van der Waals surface area contributed by atoms with Gasteiger partial charge in [0.1, 0.15) is 0 Å². The van der Waals surface area contributed by atoms with Gasteiger partial charge in [0.25, 0.3) is 0 Å². The number of fused-ring (bicyclic) bond motifs is 1. The van der Waals surface area contributed by atoms with Crippen molar-refractivity contribution in [1.29, 1.82) is 5.26 Å². The Labute approximate surface area is 85.4 Å². The zero-order valence-electron chi connectivity index (χ0n) is 8.42. The number of nitriles is 1. The molecule has 0 unspecified atom stereocenters. The second kappa shape index (κ2) is 4.28. The van der Waals surface area contributed by atoms with Crippen LogP contribution in [0.2, 0.25) is 0 Å². The van der Waals surface area contributed by atoms with E-state index >= 15 is 0 Å². The lowest BCUT2D eigenvalue weighted by Crippen LogP contribution is -1.88. The molecule has 0 spiro atoms. The van der Waals surface area contributed by atoms with Gasteiger partial charge in [0, 0.05) is 6.42 Å². The normalized spacial score (nSPS) is 13.6. The SMILES string of the molecule is N#CCCCc1ccc2c(c1)CCC2. The summed E-state index contributed by atoms with van der Waals surface area (Å²) in [5.41, 5.74) is 4.48. The number of hydrogen-bond donors (Lipinski definition) is 0. The fourth-order valence-electron chi connectivity index (χ4n) is 2.15. The Morgan fingerprint density at radius 2 is 2.07 bits per heavy atom. The summed E-state index contributed by atoms with van der Waals surface area (Å²) in [4.78, 5) is 0. The molecule has 1 aliphatic rings. The topological polar surface area (TPSA) is 23.8 Å². The predicted octanol–water partition coefficient (Wildman–Crippen LogP) is 3.02. The van der Waals surface area contributed by atoms with Crippen LogP contribution in [0, 0.1) is 11.3 Å². The Hall–Kier alpha value is -1.29. The van der Waals surface area contributed by atoms with Crippen molar-refractivity contribution in [2.45, 2.75) is 38.5 Å². The van der Waals surface area contributed by atoms with Crippen molar-refractivity contribution in [2.24, 2.45) is 0 Å². The lowest BCUT2D eigenvalue weighted by Gasteiger charge is -2.03. The molecule has 72 valence electrons. The van der Waals surface area contributed by atoms with E-state index in [1.165, 1.54) is 30.4 Å². The molecule has 0 aromatic heterocycles. The Bertz CT molecular complexity index is 360. The highest BCUT2D eigenvalue weighted by atomic mass is 14.2. The van der Waals surface area contributed by atoms with Crippen LogP contribution in [0.15, 0.2) is 18.2 Å². The number of unbranched alkanes of at least 4 members (excludes halogenated alkanes) is 1. The maximum Gasteiger partial charge on any atom is 0.0621 e. The minimum absolute atomic E-state index is 0.678. The van der Waals surface area contributed by atoms with Crippen LogP contribution < -0.4 is 0 Å². The van der Waals surface area contributed by atoms with Gasteiger partial charge in [-0.3, -0.25) is 0 Å². The highest BCUT2D eigenvalue weighted by molar-refractivity contribution is 5.35. The monoisotopic (exact) mass is 185 g/mol. The summed E-state index contributed by atoms with van der Waals surface area (Å²) >= 11 is 0. The summed E-state index contributed by atoms with van der Waals surface area (Å²) in [6.45, 7) is 0. The fourth-order valence-corrected chi connectivity index (χ4v) is 2.15. The Morgan fingerprint density at radius 1 is 1.21 bits per heavy atom. The molecule has 0 radical (unpaired) electrons. The lowest BCUT2D eigenvalue weighted by atomic mass is 10.0. The van der Waals surface area contributed by atoms with E-state index in [1.54, 1.807) is 5.56 Å². The second-order valence-electron chi connectivity index (χ2n) is 3.97. The van der Waals surface area contributed by atoms with Gasteiger partial charge in [0.05, 0.1) is 6.07 Å². The summed E-state index contributed by atoms with van der Waals surface area (Å²) in [6, 6.07) is 9.01. The summed E-state index contributed by atoms with van der Waals surface area (Å²) in [5.74, 6) is 0. The maximum atomic E-state index is 8.45. The van der Waals surface area contributed by atoms with E-state index in [-0.39, 0.29) is 0 Å². The number of nitrogens with zero attached hydrogens (tertiary/aromatic N) is 1. The molecule has 1 nitrogen and oxygen atoms in total. The lowest BCUT2D eigenvalue weighted by molar-refractivity contribution is 0.848. The number of benzene rings is 1. The first-order valence-corrected chi connectivity index (χ1v) is 5.38. The smallest absolute Gasteiger partial charge is 0.0621 e. The van der Waals surface area contributed by atoms with Crippen LogP contribution in [0.5, 0.6) is 0 Å². The Morgan fingerprint density at radius 3 is 2.93 bits per heavy atom. The number of aryl methyl sites for hydroxylation is 3. The van der Waals surface area contributed by atoms with Crippen molar-refractivity contribution in [3.8, 4) is 6.07 Å². The van der Waals surface area contributed by atoms with Crippen molar-refractivity contribution >= 4 is 0 Å². The molecule has 1 aromatic carbocycles. The molecule has 1 heteroatoms. The molecular formula is C13H15N. The van der Waals surface area contributed by atoms with Gasteiger partial charge < -0.3 is 0 Å². The molecule has 0 aliphatic heterocycles. The van der Waals surface area contributed by atoms with Crippen molar-refractivity contribution < 1.29 is 0 Å². The van der Waals surface area contributed by atoms with E-state index in [1.807, 2.05) is 0 Å². The fraction of sp³-hybridized carbons (Fsp3) is 0.462. The van der Waals surface area contributed by atoms with Crippen LogP contribution in [0.25, 0.3) is 0 Å². The van der Waals surface area contributed by atoms with Crippen molar-refractivity contribution in [1.82, 2.24) is 0 Å². The molecule has 1 aliphatic carbocycles. The zero-order valence-corrected chi connectivity index (χ0v) is 8.42. The van der Waals surface area contributed by atoms with E-state index in [0.717, 1.165) is 12.8 Å². The summed E-state index contributed by atoms with van der Waals surface area (Å²) in [7, 11) is 0. The third-order valence-electron chi connectivity index (χ3n) is 2.92. The van der Waals surface area contributed by atoms with Crippen molar-refractivity contribution in [3.63, 3.8) is 0 Å². The highest BCUT2D eigenvalue weighted by Gasteiger charge is 2.10. The predicted molar refractivity (Wildman–Crippen MR) is 57.0 cm³/mol. The molecular weight excluding hydrogens is 170 g/mol. The molecule has 0 amide bonds. The van der Waals surface area contributed by atoms with Gasteiger partial charge in [-0.2, -0.15) is 5.26 Å². The van der Waals surface area contributed by atoms with Gasteiger partial charge in [0.15, 0.2) is 0 Å². The van der Waals surface area contributed by atoms with Crippen LogP contribution in [0.1, 0.15) is 36.0 Å². The standard InChI is InChI=1S/C13H15N/c14-9-2-1-4-11-7-8-12-5-3-6-13(12)10-11/h7-8,10H,1-6H2. The van der Waals surface area contributed by atoms with E-state index < -0.39 is 0 Å². The average Bonchev–Trinajstić information content (AvgIpc) is 2.65. The highest BCUT2D eigenvalue weighted by Crippen LogP contribution is 2.23. The average molecular weight is 185 g/mol. The van der Waals surface area contributed by atoms with E-state index in [0.29, 0.717) is 6.42 Å². The van der Waals surface area contributed by atoms with Crippen molar-refractivity contribution in [3.05, 3.63) is 34.9 Å². The first-order chi connectivity index (χ1) is 6.90. The molecule has 0 N–H and O–H groups in total. The first-order valence-electron chi connectivity index (χ1n) is 5.38. The molecule has 0 saturated carbocycles. The number of hydrogen-bond acceptors (Lipinski definition) is 1. The zero-order chi connectivity index (χ0) is 9.80. The third-order valence-corrected chi connectivity index (χ3v) is 2.92. The van der Waals surface area contributed by atoms with E-state index in [9.17, 15) is 0 Å². The van der Waals surface area contributed by atoms with E-state index in [2.05, 4.69) is 24.3 Å². The van der Waals surface area contributed by atoms with Crippen LogP contribution in [0.4, 0.5) is 0 Å². The van der Waals surface area contributed by atoms with Gasteiger partial charge >= 0.3 is 0 Å². The van der Waals surface area contributed by atoms with Gasteiger partial charge in [-0.05, 0) is 48.8 Å².